The maximum atomic E-state index is 12.8. The number of hydrogen-bond acceptors (Lipinski definition) is 5. The molecule has 130 valence electrons. The molecule has 2 atom stereocenters. The first-order valence-electron chi connectivity index (χ1n) is 8.45. The van der Waals surface area contributed by atoms with Crippen LogP contribution in [0.3, 0.4) is 0 Å². The smallest absolute Gasteiger partial charge is 0.309 e. The van der Waals surface area contributed by atoms with E-state index in [1.54, 1.807) is 11.8 Å². The quantitative estimate of drug-likeness (QED) is 0.724. The van der Waals surface area contributed by atoms with Crippen LogP contribution in [0.5, 0.6) is 0 Å². The highest BCUT2D eigenvalue weighted by Gasteiger charge is 2.45. The largest absolute Gasteiger partial charge is 0.466 e. The standard InChI is InChI=1S/C19H21N3O3/c1-2-25-19(24)16-10-15(16)13-22(12-14-6-4-3-5-7-14)18(23)17-11-20-8-9-21-17/h3-9,11,15-16H,2,10,12-13H2,1H3/t15-,16+/m1/s1. The predicted octanol–water partition coefficient (Wildman–Crippen LogP) is 2.32. The number of ether oxygens (including phenoxy) is 1. The number of nitrogens with zero attached hydrogens (tertiary/aromatic N) is 3. The van der Waals surface area contributed by atoms with Crippen LogP contribution in [-0.4, -0.2) is 39.9 Å². The molecule has 2 aromatic rings. The van der Waals surface area contributed by atoms with Crippen molar-refractivity contribution in [3.05, 3.63) is 60.2 Å². The molecule has 0 spiro atoms. The maximum absolute atomic E-state index is 12.8. The molecule has 0 bridgehead atoms. The summed E-state index contributed by atoms with van der Waals surface area (Å²) in [6.07, 6.45) is 5.27. The molecule has 6 heteroatoms. The van der Waals surface area contributed by atoms with Crippen molar-refractivity contribution >= 4 is 11.9 Å². The van der Waals surface area contributed by atoms with Crippen molar-refractivity contribution in [3.63, 3.8) is 0 Å². The Bertz CT molecular complexity index is 721. The van der Waals surface area contributed by atoms with Gasteiger partial charge in [0, 0.05) is 25.5 Å². The van der Waals surface area contributed by atoms with Crippen molar-refractivity contribution in [1.82, 2.24) is 14.9 Å². The van der Waals surface area contributed by atoms with Crippen molar-refractivity contribution < 1.29 is 14.3 Å². The molecule has 1 fully saturated rings. The third-order valence-corrected chi connectivity index (χ3v) is 4.25. The van der Waals surface area contributed by atoms with Gasteiger partial charge in [0.15, 0.2) is 0 Å². The van der Waals surface area contributed by atoms with Gasteiger partial charge in [0.25, 0.3) is 5.91 Å². The van der Waals surface area contributed by atoms with Crippen molar-refractivity contribution in [2.24, 2.45) is 11.8 Å². The maximum Gasteiger partial charge on any atom is 0.309 e. The zero-order chi connectivity index (χ0) is 17.6. The number of hydrogen-bond donors (Lipinski definition) is 0. The minimum atomic E-state index is -0.175. The van der Waals surface area contributed by atoms with Gasteiger partial charge in [-0.3, -0.25) is 14.6 Å². The lowest BCUT2D eigenvalue weighted by Gasteiger charge is -2.22. The van der Waals surface area contributed by atoms with Crippen LogP contribution in [0, 0.1) is 11.8 Å². The van der Waals surface area contributed by atoms with E-state index >= 15 is 0 Å². The van der Waals surface area contributed by atoms with E-state index in [1.165, 1.54) is 18.6 Å². The molecule has 6 nitrogen and oxygen atoms in total. The zero-order valence-electron chi connectivity index (χ0n) is 14.2. The second-order valence-corrected chi connectivity index (χ2v) is 6.12. The summed E-state index contributed by atoms with van der Waals surface area (Å²) in [5, 5.41) is 0. The minimum absolute atomic E-state index is 0.104. The Labute approximate surface area is 146 Å². The first kappa shape index (κ1) is 17.1. The monoisotopic (exact) mass is 339 g/mol. The summed E-state index contributed by atoms with van der Waals surface area (Å²) in [4.78, 5) is 34.5. The van der Waals surface area contributed by atoms with E-state index in [-0.39, 0.29) is 23.7 Å². The predicted molar refractivity (Wildman–Crippen MR) is 91.4 cm³/mol. The van der Waals surface area contributed by atoms with Gasteiger partial charge in [-0.2, -0.15) is 0 Å². The number of carbonyl (C=O) groups is 2. The summed E-state index contributed by atoms with van der Waals surface area (Å²) in [5.41, 5.74) is 1.35. The summed E-state index contributed by atoms with van der Waals surface area (Å²) in [5.74, 6) is -0.304. The van der Waals surface area contributed by atoms with Gasteiger partial charge in [-0.1, -0.05) is 30.3 Å². The number of aromatic nitrogens is 2. The van der Waals surface area contributed by atoms with E-state index in [0.717, 1.165) is 12.0 Å². The Balaban J connectivity index is 1.71. The molecule has 1 aliphatic carbocycles. The Kier molecular flexibility index (Phi) is 5.38. The molecule has 0 aliphatic heterocycles. The normalized spacial score (nSPS) is 18.4. The third kappa shape index (κ3) is 4.41. The lowest BCUT2D eigenvalue weighted by Crippen LogP contribution is -2.33. The molecule has 1 heterocycles. The second-order valence-electron chi connectivity index (χ2n) is 6.12. The van der Waals surface area contributed by atoms with E-state index in [4.69, 9.17) is 4.74 Å². The number of esters is 1. The van der Waals surface area contributed by atoms with Gasteiger partial charge in [-0.05, 0) is 24.8 Å². The summed E-state index contributed by atoms with van der Waals surface area (Å²) in [6.45, 7) is 3.17. The summed E-state index contributed by atoms with van der Waals surface area (Å²) >= 11 is 0. The van der Waals surface area contributed by atoms with E-state index in [2.05, 4.69) is 9.97 Å². The Morgan fingerprint density at radius 1 is 1.24 bits per heavy atom. The highest BCUT2D eigenvalue weighted by atomic mass is 16.5. The Hall–Kier alpha value is -2.76. The average Bonchev–Trinajstić information content (AvgIpc) is 3.42. The van der Waals surface area contributed by atoms with Crippen LogP contribution in [0.15, 0.2) is 48.9 Å². The third-order valence-electron chi connectivity index (χ3n) is 4.25. The minimum Gasteiger partial charge on any atom is -0.466 e. The summed E-state index contributed by atoms with van der Waals surface area (Å²) in [6, 6.07) is 9.78. The van der Waals surface area contributed by atoms with E-state index in [1.807, 2.05) is 30.3 Å². The molecule has 1 saturated carbocycles. The molecule has 0 unspecified atom stereocenters. The van der Waals surface area contributed by atoms with Crippen LogP contribution in [-0.2, 0) is 16.1 Å². The van der Waals surface area contributed by atoms with Gasteiger partial charge >= 0.3 is 5.97 Å². The van der Waals surface area contributed by atoms with Gasteiger partial charge < -0.3 is 9.64 Å². The summed E-state index contributed by atoms with van der Waals surface area (Å²) < 4.78 is 5.08. The number of carbonyl (C=O) groups excluding carboxylic acids is 2. The van der Waals surface area contributed by atoms with Gasteiger partial charge in [-0.25, -0.2) is 4.98 Å². The molecule has 0 radical (unpaired) electrons. The number of rotatable bonds is 7. The first-order valence-corrected chi connectivity index (χ1v) is 8.45. The van der Waals surface area contributed by atoms with Crippen LogP contribution in [0.1, 0.15) is 29.4 Å². The van der Waals surface area contributed by atoms with Crippen LogP contribution in [0.4, 0.5) is 0 Å². The lowest BCUT2D eigenvalue weighted by atomic mass is 10.2. The van der Waals surface area contributed by atoms with Crippen molar-refractivity contribution in [3.8, 4) is 0 Å². The van der Waals surface area contributed by atoms with Crippen LogP contribution < -0.4 is 0 Å². The lowest BCUT2D eigenvalue weighted by molar-refractivity contribution is -0.145. The molecular weight excluding hydrogens is 318 g/mol. The Morgan fingerprint density at radius 2 is 2.04 bits per heavy atom. The van der Waals surface area contributed by atoms with Crippen LogP contribution in [0.25, 0.3) is 0 Å². The molecule has 0 N–H and O–H groups in total. The molecule has 0 saturated heterocycles. The molecule has 3 rings (SSSR count). The molecule has 1 aliphatic rings. The highest BCUT2D eigenvalue weighted by molar-refractivity contribution is 5.92. The molecule has 1 amide bonds. The van der Waals surface area contributed by atoms with E-state index < -0.39 is 0 Å². The topological polar surface area (TPSA) is 72.4 Å². The highest BCUT2D eigenvalue weighted by Crippen LogP contribution is 2.40. The van der Waals surface area contributed by atoms with Crippen molar-refractivity contribution in [1.29, 1.82) is 0 Å². The molecule has 1 aromatic carbocycles. The SMILES string of the molecule is CCOC(=O)[C@H]1C[C@@H]1CN(Cc1ccccc1)C(=O)c1cnccn1. The van der Waals surface area contributed by atoms with Gasteiger partial charge in [-0.15, -0.1) is 0 Å². The van der Waals surface area contributed by atoms with Crippen LogP contribution >= 0.6 is 0 Å². The fourth-order valence-electron chi connectivity index (χ4n) is 2.87. The van der Waals surface area contributed by atoms with E-state index in [9.17, 15) is 9.59 Å². The second kappa shape index (κ2) is 7.88. The number of benzene rings is 1. The van der Waals surface area contributed by atoms with Gasteiger partial charge in [0.2, 0.25) is 0 Å². The average molecular weight is 339 g/mol. The number of amides is 1. The molecular formula is C19H21N3O3. The van der Waals surface area contributed by atoms with E-state index in [0.29, 0.717) is 25.4 Å². The first-order chi connectivity index (χ1) is 12.2. The summed E-state index contributed by atoms with van der Waals surface area (Å²) in [7, 11) is 0. The fourth-order valence-corrected chi connectivity index (χ4v) is 2.87. The van der Waals surface area contributed by atoms with Gasteiger partial charge in [0.05, 0.1) is 18.7 Å². The van der Waals surface area contributed by atoms with Crippen molar-refractivity contribution in [2.45, 2.75) is 19.9 Å². The Morgan fingerprint density at radius 3 is 2.72 bits per heavy atom. The van der Waals surface area contributed by atoms with Crippen LogP contribution in [0.2, 0.25) is 0 Å². The molecule has 1 aromatic heterocycles. The van der Waals surface area contributed by atoms with Crippen molar-refractivity contribution in [2.75, 3.05) is 13.2 Å². The molecule has 25 heavy (non-hydrogen) atoms. The van der Waals surface area contributed by atoms with Gasteiger partial charge in [0.1, 0.15) is 5.69 Å². The zero-order valence-corrected chi connectivity index (χ0v) is 14.2. The fraction of sp³-hybridized carbons (Fsp3) is 0.368.